The van der Waals surface area contributed by atoms with Crippen molar-refractivity contribution in [3.63, 3.8) is 0 Å². The Balaban J connectivity index is 1.72. The summed E-state index contributed by atoms with van der Waals surface area (Å²) in [7, 11) is -2.27. The van der Waals surface area contributed by atoms with E-state index < -0.39 is 15.9 Å². The van der Waals surface area contributed by atoms with Crippen molar-refractivity contribution in [3.8, 4) is 17.2 Å². The van der Waals surface area contributed by atoms with E-state index in [1.807, 2.05) is 43.3 Å². The quantitative estimate of drug-likeness (QED) is 0.567. The number of rotatable bonds is 8. The highest BCUT2D eigenvalue weighted by molar-refractivity contribution is 7.92. The van der Waals surface area contributed by atoms with E-state index in [1.165, 1.54) is 7.11 Å². The van der Waals surface area contributed by atoms with Gasteiger partial charge in [-0.3, -0.25) is 9.10 Å². The van der Waals surface area contributed by atoms with Crippen LogP contribution in [0.15, 0.2) is 72.8 Å². The first-order chi connectivity index (χ1) is 14.8. The molecule has 0 atom stereocenters. The number of hydrogen-bond donors (Lipinski definition) is 1. The van der Waals surface area contributed by atoms with Crippen LogP contribution in [0.5, 0.6) is 17.2 Å². The summed E-state index contributed by atoms with van der Waals surface area (Å²) in [6.45, 7) is 1.45. The SMILES string of the molecule is COc1ccc(C)cc1N(CC(=O)Nc1ccc(Oc2ccccc2)cc1)S(C)(=O)=O. The predicted molar refractivity (Wildman–Crippen MR) is 122 cm³/mol. The molecule has 3 rings (SSSR count). The molecule has 162 valence electrons. The van der Waals surface area contributed by atoms with Gasteiger partial charge in [0, 0.05) is 5.69 Å². The Hall–Kier alpha value is -3.52. The van der Waals surface area contributed by atoms with Crippen LogP contribution in [-0.2, 0) is 14.8 Å². The highest BCUT2D eigenvalue weighted by Crippen LogP contribution is 2.31. The fourth-order valence-corrected chi connectivity index (χ4v) is 3.79. The van der Waals surface area contributed by atoms with Gasteiger partial charge in [0.15, 0.2) is 0 Å². The van der Waals surface area contributed by atoms with Crippen molar-refractivity contribution in [2.24, 2.45) is 0 Å². The lowest BCUT2D eigenvalue weighted by molar-refractivity contribution is -0.114. The summed E-state index contributed by atoms with van der Waals surface area (Å²) in [5.74, 6) is 1.21. The minimum absolute atomic E-state index is 0.312. The molecule has 0 aromatic heterocycles. The van der Waals surface area contributed by atoms with Gasteiger partial charge in [-0.25, -0.2) is 8.42 Å². The van der Waals surface area contributed by atoms with E-state index in [1.54, 1.807) is 36.4 Å². The van der Waals surface area contributed by atoms with E-state index in [9.17, 15) is 13.2 Å². The number of benzene rings is 3. The van der Waals surface area contributed by atoms with Crippen molar-refractivity contribution in [3.05, 3.63) is 78.4 Å². The second kappa shape index (κ2) is 9.53. The molecule has 1 amide bonds. The number of sulfonamides is 1. The minimum Gasteiger partial charge on any atom is -0.495 e. The molecule has 1 N–H and O–H groups in total. The zero-order valence-corrected chi connectivity index (χ0v) is 18.3. The molecule has 0 fully saturated rings. The average molecular weight is 441 g/mol. The Morgan fingerprint density at radius 1 is 0.968 bits per heavy atom. The number of nitrogens with one attached hydrogen (secondary N) is 1. The molecule has 0 aliphatic rings. The molecule has 0 spiro atoms. The summed E-state index contributed by atoms with van der Waals surface area (Å²) in [5, 5.41) is 2.72. The van der Waals surface area contributed by atoms with E-state index in [2.05, 4.69) is 5.32 Å². The smallest absolute Gasteiger partial charge is 0.245 e. The zero-order chi connectivity index (χ0) is 22.4. The van der Waals surface area contributed by atoms with E-state index in [0.29, 0.717) is 28.6 Å². The van der Waals surface area contributed by atoms with Crippen LogP contribution < -0.4 is 19.1 Å². The molecular formula is C23H24N2O5S. The number of carbonyl (C=O) groups is 1. The number of nitrogens with zero attached hydrogens (tertiary/aromatic N) is 1. The van der Waals surface area contributed by atoms with Gasteiger partial charge in [-0.1, -0.05) is 24.3 Å². The van der Waals surface area contributed by atoms with Crippen molar-refractivity contribution in [1.82, 2.24) is 0 Å². The lowest BCUT2D eigenvalue weighted by atomic mass is 10.2. The summed E-state index contributed by atoms with van der Waals surface area (Å²) in [5.41, 5.74) is 1.68. The van der Waals surface area contributed by atoms with Crippen LogP contribution in [0.25, 0.3) is 0 Å². The highest BCUT2D eigenvalue weighted by atomic mass is 32.2. The summed E-state index contributed by atoms with van der Waals surface area (Å²) < 4.78 is 36.8. The Morgan fingerprint density at radius 2 is 1.61 bits per heavy atom. The van der Waals surface area contributed by atoms with Crippen LogP contribution in [0, 0.1) is 6.92 Å². The standard InChI is InChI=1S/C23H24N2O5S/c1-17-9-14-22(29-2)21(15-17)25(31(3,27)28)16-23(26)24-18-10-12-20(13-11-18)30-19-7-5-4-6-8-19/h4-15H,16H2,1-3H3,(H,24,26). The van der Waals surface area contributed by atoms with Crippen LogP contribution in [0.1, 0.15) is 5.56 Å². The highest BCUT2D eigenvalue weighted by Gasteiger charge is 2.24. The van der Waals surface area contributed by atoms with Gasteiger partial charge in [-0.2, -0.15) is 0 Å². The Labute approximate surface area is 182 Å². The third-order valence-electron chi connectivity index (χ3n) is 4.41. The molecule has 0 unspecified atom stereocenters. The third-order valence-corrected chi connectivity index (χ3v) is 5.53. The maximum atomic E-state index is 12.6. The van der Waals surface area contributed by atoms with E-state index in [4.69, 9.17) is 9.47 Å². The number of aryl methyl sites for hydroxylation is 1. The number of amides is 1. The van der Waals surface area contributed by atoms with Gasteiger partial charge in [0.05, 0.1) is 19.1 Å². The molecular weight excluding hydrogens is 416 g/mol. The van der Waals surface area contributed by atoms with Gasteiger partial charge in [0.25, 0.3) is 0 Å². The third kappa shape index (κ3) is 5.99. The van der Waals surface area contributed by atoms with Gasteiger partial charge in [0.2, 0.25) is 15.9 Å². The number of anilines is 2. The fourth-order valence-electron chi connectivity index (χ4n) is 2.94. The zero-order valence-electron chi connectivity index (χ0n) is 17.5. The molecule has 0 aliphatic carbocycles. The molecule has 7 nitrogen and oxygen atoms in total. The largest absolute Gasteiger partial charge is 0.495 e. The van der Waals surface area contributed by atoms with Crippen molar-refractivity contribution >= 4 is 27.3 Å². The van der Waals surface area contributed by atoms with Gasteiger partial charge in [-0.15, -0.1) is 0 Å². The van der Waals surface area contributed by atoms with E-state index in [0.717, 1.165) is 16.1 Å². The second-order valence-corrected chi connectivity index (χ2v) is 8.84. The topological polar surface area (TPSA) is 84.9 Å². The van der Waals surface area contributed by atoms with Gasteiger partial charge >= 0.3 is 0 Å². The first-order valence-electron chi connectivity index (χ1n) is 9.51. The normalized spacial score (nSPS) is 10.9. The average Bonchev–Trinajstić information content (AvgIpc) is 2.73. The molecule has 31 heavy (non-hydrogen) atoms. The minimum atomic E-state index is -3.72. The molecule has 0 radical (unpaired) electrons. The molecule has 0 saturated carbocycles. The summed E-state index contributed by atoms with van der Waals surface area (Å²) in [4.78, 5) is 12.6. The number of ether oxygens (including phenoxy) is 2. The van der Waals surface area contributed by atoms with Crippen molar-refractivity contribution in [1.29, 1.82) is 0 Å². The number of methoxy groups -OCH3 is 1. The molecule has 3 aromatic carbocycles. The Kier molecular flexibility index (Phi) is 6.81. The molecule has 0 aliphatic heterocycles. The number of carbonyl (C=O) groups excluding carboxylic acids is 1. The molecule has 0 bridgehead atoms. The Bertz CT molecular complexity index is 1150. The first kappa shape index (κ1) is 22.2. The molecule has 8 heteroatoms. The van der Waals surface area contributed by atoms with E-state index >= 15 is 0 Å². The lowest BCUT2D eigenvalue weighted by Crippen LogP contribution is -2.37. The number of hydrogen-bond acceptors (Lipinski definition) is 5. The van der Waals surface area contributed by atoms with Gasteiger partial charge < -0.3 is 14.8 Å². The number of para-hydroxylation sites is 1. The maximum absolute atomic E-state index is 12.6. The van der Waals surface area contributed by atoms with Crippen LogP contribution in [0.2, 0.25) is 0 Å². The van der Waals surface area contributed by atoms with E-state index in [-0.39, 0.29) is 6.54 Å². The van der Waals surface area contributed by atoms with Crippen molar-refractivity contribution < 1.29 is 22.7 Å². The van der Waals surface area contributed by atoms with Crippen LogP contribution in [0.4, 0.5) is 11.4 Å². The molecule has 0 saturated heterocycles. The van der Waals surface area contributed by atoms with Gasteiger partial charge in [0.1, 0.15) is 23.8 Å². The molecule has 3 aromatic rings. The molecule has 0 heterocycles. The Morgan fingerprint density at radius 3 is 2.23 bits per heavy atom. The predicted octanol–water partition coefficient (Wildman–Crippen LogP) is 4.20. The van der Waals surface area contributed by atoms with Crippen molar-refractivity contribution in [2.45, 2.75) is 6.92 Å². The second-order valence-electron chi connectivity index (χ2n) is 6.93. The van der Waals surface area contributed by atoms with Crippen LogP contribution in [-0.4, -0.2) is 34.2 Å². The fraction of sp³-hybridized carbons (Fsp3) is 0.174. The maximum Gasteiger partial charge on any atom is 0.245 e. The summed E-state index contributed by atoms with van der Waals surface area (Å²) in [6, 6.07) is 21.3. The first-order valence-corrected chi connectivity index (χ1v) is 11.4. The van der Waals surface area contributed by atoms with Crippen molar-refractivity contribution in [2.75, 3.05) is 29.5 Å². The monoisotopic (exact) mass is 440 g/mol. The summed E-state index contributed by atoms with van der Waals surface area (Å²) in [6.07, 6.45) is 1.05. The lowest BCUT2D eigenvalue weighted by Gasteiger charge is -2.24. The van der Waals surface area contributed by atoms with Crippen LogP contribution in [0.3, 0.4) is 0 Å². The van der Waals surface area contributed by atoms with Gasteiger partial charge in [-0.05, 0) is 61.0 Å². The van der Waals surface area contributed by atoms with Crippen LogP contribution >= 0.6 is 0 Å². The summed E-state index contributed by atoms with van der Waals surface area (Å²) >= 11 is 0.